The molecule has 1 aliphatic carbocycles. The molecule has 130 valence electrons. The maximum Gasteiger partial charge on any atom is 0.277 e. The third-order valence-electron chi connectivity index (χ3n) is 4.97. The molecule has 0 N–H and O–H groups in total. The normalized spacial score (nSPS) is 17.5. The molecule has 0 spiro atoms. The Morgan fingerprint density at radius 1 is 1.12 bits per heavy atom. The number of benzene rings is 1. The molecule has 25 heavy (non-hydrogen) atoms. The Hall–Kier alpha value is -2.56. The Bertz CT molecular complexity index is 784. The highest BCUT2D eigenvalue weighted by Gasteiger charge is 2.30. The molecule has 1 aromatic heterocycles. The fourth-order valence-corrected chi connectivity index (χ4v) is 3.63. The van der Waals surface area contributed by atoms with Crippen LogP contribution in [0.1, 0.15) is 48.2 Å². The second-order valence-corrected chi connectivity index (χ2v) is 6.62. The summed E-state index contributed by atoms with van der Waals surface area (Å²) in [5.74, 6) is 1.35. The van der Waals surface area contributed by atoms with E-state index >= 15 is 0 Å². The summed E-state index contributed by atoms with van der Waals surface area (Å²) < 4.78 is 11.7. The first-order valence-electron chi connectivity index (χ1n) is 8.86. The summed E-state index contributed by atoms with van der Waals surface area (Å²) in [4.78, 5) is 18.6. The van der Waals surface area contributed by atoms with Crippen LogP contribution in [-0.2, 0) is 6.54 Å². The third kappa shape index (κ3) is 3.06. The molecular weight excluding hydrogens is 316 g/mol. The highest BCUT2D eigenvalue weighted by Crippen LogP contribution is 2.36. The van der Waals surface area contributed by atoms with Gasteiger partial charge in [-0.2, -0.15) is 0 Å². The summed E-state index contributed by atoms with van der Waals surface area (Å²) in [5.41, 5.74) is 2.31. The first kappa shape index (κ1) is 15.9. The lowest BCUT2D eigenvalue weighted by molar-refractivity contribution is 0.0992. The number of amides is 1. The summed E-state index contributed by atoms with van der Waals surface area (Å²) in [6.45, 7) is 0.539. The molecule has 1 fully saturated rings. The van der Waals surface area contributed by atoms with Crippen LogP contribution in [0.3, 0.4) is 0 Å². The summed E-state index contributed by atoms with van der Waals surface area (Å²) in [6, 6.07) is 9.50. The predicted octanol–water partition coefficient (Wildman–Crippen LogP) is 3.96. The molecule has 0 bridgehead atoms. The molecule has 1 aromatic carbocycles. The van der Waals surface area contributed by atoms with E-state index in [0.717, 1.165) is 24.1 Å². The molecule has 0 radical (unpaired) electrons. The molecule has 1 aliphatic heterocycles. The van der Waals surface area contributed by atoms with E-state index in [1.165, 1.54) is 19.3 Å². The van der Waals surface area contributed by atoms with Crippen LogP contribution < -0.4 is 14.4 Å². The van der Waals surface area contributed by atoms with E-state index in [2.05, 4.69) is 4.98 Å². The van der Waals surface area contributed by atoms with Crippen molar-refractivity contribution < 1.29 is 14.3 Å². The maximum absolute atomic E-state index is 12.6. The lowest BCUT2D eigenvalue weighted by Gasteiger charge is -2.25. The molecular formula is C20H22N2O3. The minimum Gasteiger partial charge on any atom is -0.493 e. The largest absolute Gasteiger partial charge is 0.493 e. The van der Waals surface area contributed by atoms with Gasteiger partial charge in [0.25, 0.3) is 5.91 Å². The number of carbonyl (C=O) groups is 1. The first-order valence-corrected chi connectivity index (χ1v) is 8.86. The van der Waals surface area contributed by atoms with Gasteiger partial charge in [-0.1, -0.05) is 12.5 Å². The third-order valence-corrected chi connectivity index (χ3v) is 4.97. The van der Waals surface area contributed by atoms with Crippen LogP contribution >= 0.6 is 0 Å². The van der Waals surface area contributed by atoms with Crippen LogP contribution in [0, 0.1) is 0 Å². The summed E-state index contributed by atoms with van der Waals surface area (Å²) >= 11 is 0. The number of hydrogen-bond acceptors (Lipinski definition) is 4. The summed E-state index contributed by atoms with van der Waals surface area (Å²) in [6.07, 6.45) is 7.73. The molecule has 1 amide bonds. The van der Waals surface area contributed by atoms with Gasteiger partial charge in [-0.3, -0.25) is 9.78 Å². The van der Waals surface area contributed by atoms with Gasteiger partial charge in [0.1, 0.15) is 5.69 Å². The smallest absolute Gasteiger partial charge is 0.277 e. The van der Waals surface area contributed by atoms with Crippen LogP contribution in [0.15, 0.2) is 36.5 Å². The SMILES string of the molecule is COc1ccc(N2Cc3cccnc3C2=O)cc1OC1CCCCC1. The molecule has 0 atom stereocenters. The van der Waals surface area contributed by atoms with Gasteiger partial charge in [-0.15, -0.1) is 0 Å². The molecule has 0 saturated heterocycles. The highest BCUT2D eigenvalue weighted by molar-refractivity contribution is 6.08. The quantitative estimate of drug-likeness (QED) is 0.847. The Morgan fingerprint density at radius 3 is 2.72 bits per heavy atom. The van der Waals surface area contributed by atoms with E-state index in [9.17, 15) is 4.79 Å². The fraction of sp³-hybridized carbons (Fsp3) is 0.400. The van der Waals surface area contributed by atoms with Crippen molar-refractivity contribution in [3.63, 3.8) is 0 Å². The zero-order valence-corrected chi connectivity index (χ0v) is 14.4. The zero-order chi connectivity index (χ0) is 17.2. The van der Waals surface area contributed by atoms with E-state index in [-0.39, 0.29) is 12.0 Å². The van der Waals surface area contributed by atoms with Crippen molar-refractivity contribution >= 4 is 11.6 Å². The van der Waals surface area contributed by atoms with E-state index < -0.39 is 0 Å². The maximum atomic E-state index is 12.6. The molecule has 4 rings (SSSR count). The second-order valence-electron chi connectivity index (χ2n) is 6.62. The molecule has 2 heterocycles. The molecule has 2 aromatic rings. The van der Waals surface area contributed by atoms with Crippen LogP contribution in [-0.4, -0.2) is 24.1 Å². The number of pyridine rings is 1. The number of hydrogen-bond donors (Lipinski definition) is 0. The van der Waals surface area contributed by atoms with Crippen molar-refractivity contribution in [1.82, 2.24) is 4.98 Å². The average molecular weight is 338 g/mol. The molecule has 1 saturated carbocycles. The van der Waals surface area contributed by atoms with Gasteiger partial charge in [0.2, 0.25) is 0 Å². The van der Waals surface area contributed by atoms with Gasteiger partial charge in [0.15, 0.2) is 11.5 Å². The van der Waals surface area contributed by atoms with Crippen molar-refractivity contribution in [3.8, 4) is 11.5 Å². The van der Waals surface area contributed by atoms with E-state index in [0.29, 0.717) is 23.7 Å². The minimum absolute atomic E-state index is 0.0654. The van der Waals surface area contributed by atoms with Gasteiger partial charge in [0, 0.05) is 23.5 Å². The van der Waals surface area contributed by atoms with E-state index in [1.807, 2.05) is 30.3 Å². The Kier molecular flexibility index (Phi) is 4.30. The monoisotopic (exact) mass is 338 g/mol. The number of rotatable bonds is 4. The number of anilines is 1. The predicted molar refractivity (Wildman–Crippen MR) is 95.2 cm³/mol. The van der Waals surface area contributed by atoms with E-state index in [1.54, 1.807) is 18.2 Å². The van der Waals surface area contributed by atoms with Crippen molar-refractivity contribution in [3.05, 3.63) is 47.8 Å². The lowest BCUT2D eigenvalue weighted by atomic mass is 9.98. The van der Waals surface area contributed by atoms with Crippen molar-refractivity contribution in [2.75, 3.05) is 12.0 Å². The fourth-order valence-electron chi connectivity index (χ4n) is 3.63. The number of carbonyl (C=O) groups excluding carboxylic acids is 1. The minimum atomic E-state index is -0.0654. The second kappa shape index (κ2) is 6.75. The number of methoxy groups -OCH3 is 1. The van der Waals surface area contributed by atoms with Gasteiger partial charge in [-0.05, 0) is 43.9 Å². The number of fused-ring (bicyclic) bond motifs is 1. The molecule has 0 unspecified atom stereocenters. The summed E-state index contributed by atoms with van der Waals surface area (Å²) in [5, 5.41) is 0. The number of ether oxygens (including phenoxy) is 2. The summed E-state index contributed by atoms with van der Waals surface area (Å²) in [7, 11) is 1.64. The number of aromatic nitrogens is 1. The van der Waals surface area contributed by atoms with Gasteiger partial charge >= 0.3 is 0 Å². The van der Waals surface area contributed by atoms with Crippen LogP contribution in [0.4, 0.5) is 5.69 Å². The molecule has 5 heteroatoms. The van der Waals surface area contributed by atoms with Gasteiger partial charge < -0.3 is 14.4 Å². The molecule has 5 nitrogen and oxygen atoms in total. The van der Waals surface area contributed by atoms with E-state index in [4.69, 9.17) is 9.47 Å². The zero-order valence-electron chi connectivity index (χ0n) is 14.4. The van der Waals surface area contributed by atoms with Crippen LogP contribution in [0.2, 0.25) is 0 Å². The topological polar surface area (TPSA) is 51.7 Å². The van der Waals surface area contributed by atoms with Gasteiger partial charge in [0.05, 0.1) is 19.8 Å². The Morgan fingerprint density at radius 2 is 1.96 bits per heavy atom. The highest BCUT2D eigenvalue weighted by atomic mass is 16.5. The van der Waals surface area contributed by atoms with Crippen molar-refractivity contribution in [2.24, 2.45) is 0 Å². The van der Waals surface area contributed by atoms with Crippen molar-refractivity contribution in [2.45, 2.75) is 44.8 Å². The lowest BCUT2D eigenvalue weighted by Crippen LogP contribution is -2.24. The van der Waals surface area contributed by atoms with Crippen LogP contribution in [0.5, 0.6) is 11.5 Å². The van der Waals surface area contributed by atoms with Crippen molar-refractivity contribution in [1.29, 1.82) is 0 Å². The standard InChI is InChI=1S/C20H22N2O3/c1-24-17-10-9-15(12-18(17)25-16-7-3-2-4-8-16)22-13-14-6-5-11-21-19(14)20(22)23/h5-6,9-12,16H,2-4,7-8,13H2,1H3. The average Bonchev–Trinajstić information content (AvgIpc) is 3.00. The molecule has 2 aliphatic rings. The first-order chi connectivity index (χ1) is 12.3. The Balaban J connectivity index is 1.61. The van der Waals surface area contributed by atoms with Crippen LogP contribution in [0.25, 0.3) is 0 Å². The Labute approximate surface area is 147 Å². The number of nitrogens with zero attached hydrogens (tertiary/aromatic N) is 2. The van der Waals surface area contributed by atoms with Gasteiger partial charge in [-0.25, -0.2) is 0 Å².